The maximum atomic E-state index is 12.6. The molecule has 0 aliphatic heterocycles. The lowest BCUT2D eigenvalue weighted by molar-refractivity contribution is -0.113. The number of anilines is 1. The predicted molar refractivity (Wildman–Crippen MR) is 113 cm³/mol. The summed E-state index contributed by atoms with van der Waals surface area (Å²) < 4.78 is 1.82. The van der Waals surface area contributed by atoms with Gasteiger partial charge in [-0.15, -0.1) is 0 Å². The van der Waals surface area contributed by atoms with Crippen molar-refractivity contribution >= 4 is 23.4 Å². The second-order valence-electron chi connectivity index (χ2n) is 6.78. The first-order valence-corrected chi connectivity index (χ1v) is 10.1. The summed E-state index contributed by atoms with van der Waals surface area (Å²) in [4.78, 5) is 21.1. The molecule has 3 aromatic rings. The molecule has 2 aromatic heterocycles. The number of rotatable bonds is 5. The molecule has 29 heavy (non-hydrogen) atoms. The first-order valence-electron chi connectivity index (χ1n) is 9.11. The van der Waals surface area contributed by atoms with Gasteiger partial charge in [-0.2, -0.15) is 10.4 Å². The van der Waals surface area contributed by atoms with Gasteiger partial charge in [0.2, 0.25) is 5.91 Å². The molecule has 0 fully saturated rings. The summed E-state index contributed by atoms with van der Waals surface area (Å²) in [6.45, 7) is 9.36. The van der Waals surface area contributed by atoms with Crippen LogP contribution in [0.1, 0.15) is 34.0 Å². The molecule has 0 atom stereocenters. The molecule has 7 nitrogen and oxygen atoms in total. The van der Waals surface area contributed by atoms with Crippen molar-refractivity contribution in [1.82, 2.24) is 19.7 Å². The second-order valence-corrected chi connectivity index (χ2v) is 7.74. The molecule has 3 rings (SSSR count). The van der Waals surface area contributed by atoms with Gasteiger partial charge in [0.1, 0.15) is 22.5 Å². The van der Waals surface area contributed by atoms with Crippen molar-refractivity contribution in [3.05, 3.63) is 58.3 Å². The van der Waals surface area contributed by atoms with E-state index in [1.165, 1.54) is 17.3 Å². The minimum Gasteiger partial charge on any atom is -0.322 e. The first kappa shape index (κ1) is 20.6. The molecule has 0 aliphatic carbocycles. The highest BCUT2D eigenvalue weighted by Gasteiger charge is 2.17. The molecule has 8 heteroatoms. The van der Waals surface area contributed by atoms with Gasteiger partial charge < -0.3 is 5.32 Å². The van der Waals surface area contributed by atoms with E-state index in [0.717, 1.165) is 17.1 Å². The van der Waals surface area contributed by atoms with Crippen LogP contribution in [-0.2, 0) is 4.79 Å². The van der Waals surface area contributed by atoms with E-state index in [2.05, 4.69) is 26.5 Å². The molecule has 0 spiro atoms. The maximum Gasteiger partial charge on any atom is 0.234 e. The number of thioether (sulfide) groups is 1. The third-order valence-electron chi connectivity index (χ3n) is 4.45. The number of nitrogens with one attached hydrogen (secondary N) is 1. The van der Waals surface area contributed by atoms with Crippen LogP contribution < -0.4 is 5.32 Å². The molecule has 0 radical (unpaired) electrons. The van der Waals surface area contributed by atoms with Crippen molar-refractivity contribution in [3.63, 3.8) is 0 Å². The standard InChI is InChI=1S/C21H22N6OS/c1-12-6-8-17(9-7-12)27-15(4)20(14(3)26-27)25-19(28)11-29-21-18(10-22)13(2)23-16(5)24-21/h6-9H,11H2,1-5H3,(H,25,28). The number of benzene rings is 1. The zero-order valence-electron chi connectivity index (χ0n) is 17.1. The van der Waals surface area contributed by atoms with Crippen LogP contribution in [0, 0.1) is 45.9 Å². The van der Waals surface area contributed by atoms with Gasteiger partial charge in [0.15, 0.2) is 0 Å². The van der Waals surface area contributed by atoms with Gasteiger partial charge in [0, 0.05) is 0 Å². The number of aromatic nitrogens is 4. The normalized spacial score (nSPS) is 10.6. The molecular formula is C21H22N6OS. The van der Waals surface area contributed by atoms with Crippen molar-refractivity contribution in [2.75, 3.05) is 11.1 Å². The Hall–Kier alpha value is -3.18. The number of aryl methyl sites for hydroxylation is 4. The summed E-state index contributed by atoms with van der Waals surface area (Å²) in [6, 6.07) is 10.2. The molecule has 1 N–H and O–H groups in total. The largest absolute Gasteiger partial charge is 0.322 e. The lowest BCUT2D eigenvalue weighted by Gasteiger charge is -2.08. The van der Waals surface area contributed by atoms with Crippen LogP contribution in [-0.4, -0.2) is 31.4 Å². The SMILES string of the molecule is Cc1ccc(-n2nc(C)c(NC(=O)CSc3nc(C)nc(C)c3C#N)c2C)cc1. The van der Waals surface area contributed by atoms with Gasteiger partial charge >= 0.3 is 0 Å². The van der Waals surface area contributed by atoms with Gasteiger partial charge in [0.05, 0.1) is 34.2 Å². The number of carbonyl (C=O) groups is 1. The quantitative estimate of drug-likeness (QED) is 0.511. The maximum absolute atomic E-state index is 12.6. The number of amides is 1. The van der Waals surface area contributed by atoms with E-state index in [-0.39, 0.29) is 11.7 Å². The van der Waals surface area contributed by atoms with Crippen LogP contribution in [0.5, 0.6) is 0 Å². The number of nitrogens with zero attached hydrogens (tertiary/aromatic N) is 5. The van der Waals surface area contributed by atoms with Gasteiger partial charge in [0.25, 0.3) is 0 Å². The predicted octanol–water partition coefficient (Wildman–Crippen LogP) is 3.81. The van der Waals surface area contributed by atoms with Gasteiger partial charge in [-0.1, -0.05) is 29.5 Å². The number of hydrogen-bond donors (Lipinski definition) is 1. The summed E-state index contributed by atoms with van der Waals surface area (Å²) in [5.74, 6) is 0.539. The highest BCUT2D eigenvalue weighted by Crippen LogP contribution is 2.25. The van der Waals surface area contributed by atoms with Crippen molar-refractivity contribution in [3.8, 4) is 11.8 Å². The highest BCUT2D eigenvalue weighted by molar-refractivity contribution is 8.00. The smallest absolute Gasteiger partial charge is 0.234 e. The molecule has 0 saturated heterocycles. The Balaban J connectivity index is 1.75. The minimum absolute atomic E-state index is 0.138. The molecule has 0 saturated carbocycles. The van der Waals surface area contributed by atoms with Crippen LogP contribution in [0.25, 0.3) is 5.69 Å². The third-order valence-corrected chi connectivity index (χ3v) is 5.43. The third kappa shape index (κ3) is 4.46. The van der Waals surface area contributed by atoms with E-state index < -0.39 is 0 Å². The zero-order chi connectivity index (χ0) is 21.1. The number of hydrogen-bond acceptors (Lipinski definition) is 6. The van der Waals surface area contributed by atoms with E-state index in [1.54, 1.807) is 13.8 Å². The topological polar surface area (TPSA) is 96.5 Å². The lowest BCUT2D eigenvalue weighted by atomic mass is 10.2. The Bertz CT molecular complexity index is 1110. The lowest BCUT2D eigenvalue weighted by Crippen LogP contribution is -2.15. The minimum atomic E-state index is -0.178. The molecule has 1 amide bonds. The summed E-state index contributed by atoms with van der Waals surface area (Å²) in [5.41, 5.74) is 5.45. The molecule has 0 aliphatic rings. The molecule has 0 bridgehead atoms. The first-order chi connectivity index (χ1) is 13.8. The van der Waals surface area contributed by atoms with E-state index >= 15 is 0 Å². The van der Waals surface area contributed by atoms with Crippen molar-refractivity contribution in [2.45, 2.75) is 39.6 Å². The zero-order valence-corrected chi connectivity index (χ0v) is 17.9. The van der Waals surface area contributed by atoms with Crippen LogP contribution >= 0.6 is 11.8 Å². The average Bonchev–Trinajstić information content (AvgIpc) is 2.95. The number of carbonyl (C=O) groups excluding carboxylic acids is 1. The van der Waals surface area contributed by atoms with Crippen molar-refractivity contribution in [2.24, 2.45) is 0 Å². The van der Waals surface area contributed by atoms with Crippen LogP contribution in [0.4, 0.5) is 5.69 Å². The Morgan fingerprint density at radius 1 is 1.10 bits per heavy atom. The monoisotopic (exact) mass is 406 g/mol. The Kier molecular flexibility index (Phi) is 5.99. The van der Waals surface area contributed by atoms with Gasteiger partial charge in [-0.25, -0.2) is 14.6 Å². The molecule has 0 unspecified atom stereocenters. The molecule has 1 aromatic carbocycles. The van der Waals surface area contributed by atoms with Gasteiger partial charge in [-0.3, -0.25) is 4.79 Å². The Morgan fingerprint density at radius 2 is 1.79 bits per heavy atom. The van der Waals surface area contributed by atoms with Gasteiger partial charge in [-0.05, 0) is 46.8 Å². The summed E-state index contributed by atoms with van der Waals surface area (Å²) >= 11 is 1.23. The van der Waals surface area contributed by atoms with E-state index in [9.17, 15) is 10.1 Å². The van der Waals surface area contributed by atoms with Crippen molar-refractivity contribution < 1.29 is 4.79 Å². The second kappa shape index (κ2) is 8.45. The fourth-order valence-corrected chi connectivity index (χ4v) is 3.86. The molecule has 2 heterocycles. The van der Waals surface area contributed by atoms with Crippen LogP contribution in [0.3, 0.4) is 0 Å². The fraction of sp³-hybridized carbons (Fsp3) is 0.286. The fourth-order valence-electron chi connectivity index (χ4n) is 2.98. The summed E-state index contributed by atoms with van der Waals surface area (Å²) in [7, 11) is 0. The van der Waals surface area contributed by atoms with E-state index in [4.69, 9.17) is 0 Å². The summed E-state index contributed by atoms with van der Waals surface area (Å²) in [6.07, 6.45) is 0. The average molecular weight is 407 g/mol. The van der Waals surface area contributed by atoms with E-state index in [0.29, 0.717) is 27.8 Å². The van der Waals surface area contributed by atoms with Crippen molar-refractivity contribution in [1.29, 1.82) is 5.26 Å². The Labute approximate surface area is 174 Å². The van der Waals surface area contributed by atoms with Crippen LogP contribution in [0.2, 0.25) is 0 Å². The summed E-state index contributed by atoms with van der Waals surface area (Å²) in [5, 5.41) is 17.4. The van der Waals surface area contributed by atoms with Crippen LogP contribution in [0.15, 0.2) is 29.3 Å². The molecular weight excluding hydrogens is 384 g/mol. The number of nitriles is 1. The highest BCUT2D eigenvalue weighted by atomic mass is 32.2. The van der Waals surface area contributed by atoms with E-state index in [1.807, 2.05) is 49.7 Å². The molecule has 148 valence electrons. The Morgan fingerprint density at radius 3 is 2.45 bits per heavy atom.